The molecule has 1 aromatic heterocycles. The van der Waals surface area contributed by atoms with Gasteiger partial charge in [0.05, 0.1) is 12.2 Å². The molecule has 0 fully saturated rings. The average molecular weight is 387 g/mol. The number of carbonyl (C=O) groups is 2. The summed E-state index contributed by atoms with van der Waals surface area (Å²) >= 11 is 5.88. The van der Waals surface area contributed by atoms with Crippen LogP contribution in [0.3, 0.4) is 0 Å². The maximum absolute atomic E-state index is 13.3. The van der Waals surface area contributed by atoms with Crippen LogP contribution in [-0.4, -0.2) is 40.1 Å². The minimum Gasteiger partial charge on any atom is -0.331 e. The number of nitrogens with zero attached hydrogens (tertiary/aromatic N) is 3. The molecule has 1 N–H and O–H groups in total. The Labute approximate surface area is 160 Å². The normalized spacial score (nSPS) is 10.5. The van der Waals surface area contributed by atoms with Crippen molar-refractivity contribution in [3.05, 3.63) is 77.3 Å². The predicted molar refractivity (Wildman–Crippen MR) is 101 cm³/mol. The van der Waals surface area contributed by atoms with Gasteiger partial charge >= 0.3 is 0 Å². The molecule has 27 heavy (non-hydrogen) atoms. The number of aromatic nitrogens is 2. The number of rotatable bonds is 5. The lowest BCUT2D eigenvalue weighted by Crippen LogP contribution is -2.35. The van der Waals surface area contributed by atoms with Crippen molar-refractivity contribution in [2.24, 2.45) is 0 Å². The van der Waals surface area contributed by atoms with E-state index < -0.39 is 11.7 Å². The van der Waals surface area contributed by atoms with Crippen LogP contribution in [0.25, 0.3) is 5.69 Å². The van der Waals surface area contributed by atoms with Gasteiger partial charge in [0.2, 0.25) is 5.91 Å². The van der Waals surface area contributed by atoms with E-state index in [1.54, 1.807) is 42.6 Å². The van der Waals surface area contributed by atoms with Crippen LogP contribution in [0.15, 0.2) is 60.8 Å². The van der Waals surface area contributed by atoms with Crippen LogP contribution in [0, 0.1) is 5.82 Å². The smallest absolute Gasteiger partial charge is 0.274 e. The molecule has 1 heterocycles. The van der Waals surface area contributed by atoms with Crippen LogP contribution in [0.4, 0.5) is 10.1 Å². The lowest BCUT2D eigenvalue weighted by Gasteiger charge is -2.15. The fourth-order valence-corrected chi connectivity index (χ4v) is 2.64. The zero-order chi connectivity index (χ0) is 19.4. The Hall–Kier alpha value is -3.19. The summed E-state index contributed by atoms with van der Waals surface area (Å²) in [6.07, 6.45) is 1.56. The first kappa shape index (κ1) is 18.6. The molecule has 2 amide bonds. The quantitative estimate of drug-likeness (QED) is 0.731. The SMILES string of the molecule is CN(CC(=O)Nc1cccc(Cl)c1)C(=O)c1ccn(-c2cccc(F)c2)n1. The van der Waals surface area contributed by atoms with E-state index in [9.17, 15) is 14.0 Å². The fraction of sp³-hybridized carbons (Fsp3) is 0.105. The van der Waals surface area contributed by atoms with Crippen LogP contribution in [0.2, 0.25) is 5.02 Å². The van der Waals surface area contributed by atoms with Gasteiger partial charge in [0.1, 0.15) is 5.82 Å². The van der Waals surface area contributed by atoms with Crippen LogP contribution >= 0.6 is 11.6 Å². The topological polar surface area (TPSA) is 67.2 Å². The van der Waals surface area contributed by atoms with Gasteiger partial charge in [-0.2, -0.15) is 5.10 Å². The molecule has 0 spiro atoms. The molecule has 3 aromatic rings. The fourth-order valence-electron chi connectivity index (χ4n) is 2.45. The summed E-state index contributed by atoms with van der Waals surface area (Å²) < 4.78 is 14.7. The molecule has 0 radical (unpaired) electrons. The van der Waals surface area contributed by atoms with E-state index in [1.807, 2.05) is 0 Å². The van der Waals surface area contributed by atoms with Crippen molar-refractivity contribution >= 4 is 29.1 Å². The number of anilines is 1. The predicted octanol–water partition coefficient (Wildman–Crippen LogP) is 3.38. The van der Waals surface area contributed by atoms with E-state index >= 15 is 0 Å². The molecule has 2 aromatic carbocycles. The Morgan fingerprint density at radius 3 is 2.70 bits per heavy atom. The maximum atomic E-state index is 13.3. The lowest BCUT2D eigenvalue weighted by atomic mass is 10.3. The Bertz CT molecular complexity index is 989. The number of benzene rings is 2. The van der Waals surface area contributed by atoms with E-state index in [2.05, 4.69) is 10.4 Å². The van der Waals surface area contributed by atoms with Crippen molar-refractivity contribution in [3.8, 4) is 5.69 Å². The van der Waals surface area contributed by atoms with Gasteiger partial charge in [-0.15, -0.1) is 0 Å². The molecule has 0 unspecified atom stereocenters. The van der Waals surface area contributed by atoms with E-state index in [-0.39, 0.29) is 18.1 Å². The molecule has 0 aliphatic carbocycles. The first-order chi connectivity index (χ1) is 12.9. The highest BCUT2D eigenvalue weighted by molar-refractivity contribution is 6.30. The zero-order valence-electron chi connectivity index (χ0n) is 14.4. The number of halogens is 2. The first-order valence-electron chi connectivity index (χ1n) is 8.05. The van der Waals surface area contributed by atoms with Crippen LogP contribution in [0.1, 0.15) is 10.5 Å². The van der Waals surface area contributed by atoms with Crippen molar-refractivity contribution in [2.75, 3.05) is 18.9 Å². The second-order valence-electron chi connectivity index (χ2n) is 5.85. The summed E-state index contributed by atoms with van der Waals surface area (Å²) in [4.78, 5) is 25.8. The van der Waals surface area contributed by atoms with Gasteiger partial charge in [-0.05, 0) is 42.5 Å². The number of hydrogen-bond donors (Lipinski definition) is 1. The first-order valence-corrected chi connectivity index (χ1v) is 8.42. The van der Waals surface area contributed by atoms with Crippen molar-refractivity contribution < 1.29 is 14.0 Å². The summed E-state index contributed by atoms with van der Waals surface area (Å²) in [7, 11) is 1.50. The lowest BCUT2D eigenvalue weighted by molar-refractivity contribution is -0.116. The van der Waals surface area contributed by atoms with Gasteiger partial charge in [0.15, 0.2) is 5.69 Å². The van der Waals surface area contributed by atoms with Crippen LogP contribution in [-0.2, 0) is 4.79 Å². The summed E-state index contributed by atoms with van der Waals surface area (Å²) in [5, 5.41) is 7.33. The molecule has 0 bridgehead atoms. The third-order valence-electron chi connectivity index (χ3n) is 3.72. The van der Waals surface area contributed by atoms with Gasteiger partial charge in [0, 0.05) is 24.0 Å². The van der Waals surface area contributed by atoms with Gasteiger partial charge < -0.3 is 10.2 Å². The second-order valence-corrected chi connectivity index (χ2v) is 6.28. The molecule has 8 heteroatoms. The minimum absolute atomic E-state index is 0.150. The van der Waals surface area contributed by atoms with Crippen LogP contribution < -0.4 is 5.32 Å². The Morgan fingerprint density at radius 1 is 1.19 bits per heavy atom. The van der Waals surface area contributed by atoms with Crippen LogP contribution in [0.5, 0.6) is 0 Å². The molecule has 3 rings (SSSR count). The Kier molecular flexibility index (Phi) is 5.52. The van der Waals surface area contributed by atoms with E-state index in [1.165, 1.54) is 34.8 Å². The monoisotopic (exact) mass is 386 g/mol. The molecule has 138 valence electrons. The number of nitrogens with one attached hydrogen (secondary N) is 1. The van der Waals surface area contributed by atoms with Crippen molar-refractivity contribution in [1.29, 1.82) is 0 Å². The molecule has 0 aliphatic heterocycles. The number of hydrogen-bond acceptors (Lipinski definition) is 3. The van der Waals surface area contributed by atoms with E-state index in [0.717, 1.165) is 0 Å². The third kappa shape index (κ3) is 4.71. The van der Waals surface area contributed by atoms with Gasteiger partial charge in [-0.3, -0.25) is 9.59 Å². The standard InChI is InChI=1S/C19H16ClFN4O2/c1-24(12-18(26)22-15-6-2-4-13(20)10-15)19(27)17-8-9-25(23-17)16-7-3-5-14(21)11-16/h2-11H,12H2,1H3,(H,22,26). The molecular formula is C19H16ClFN4O2. The molecule has 0 saturated carbocycles. The summed E-state index contributed by atoms with van der Waals surface area (Å²) in [6, 6.07) is 14.1. The van der Waals surface area contributed by atoms with Gasteiger partial charge in [0.25, 0.3) is 5.91 Å². The second kappa shape index (κ2) is 8.01. The number of amides is 2. The molecule has 0 saturated heterocycles. The van der Waals surface area contributed by atoms with E-state index in [0.29, 0.717) is 16.4 Å². The zero-order valence-corrected chi connectivity index (χ0v) is 15.2. The highest BCUT2D eigenvalue weighted by Gasteiger charge is 2.18. The molecular weight excluding hydrogens is 371 g/mol. The van der Waals surface area contributed by atoms with Gasteiger partial charge in [-0.25, -0.2) is 9.07 Å². The molecule has 0 atom stereocenters. The highest BCUT2D eigenvalue weighted by Crippen LogP contribution is 2.15. The summed E-state index contributed by atoms with van der Waals surface area (Å²) in [5.41, 5.74) is 1.19. The van der Waals surface area contributed by atoms with Gasteiger partial charge in [-0.1, -0.05) is 23.7 Å². The molecule has 0 aliphatic rings. The Morgan fingerprint density at radius 2 is 1.96 bits per heavy atom. The maximum Gasteiger partial charge on any atom is 0.274 e. The van der Waals surface area contributed by atoms with E-state index in [4.69, 9.17) is 11.6 Å². The summed E-state index contributed by atoms with van der Waals surface area (Å²) in [5.74, 6) is -1.19. The van der Waals surface area contributed by atoms with Crippen molar-refractivity contribution in [1.82, 2.24) is 14.7 Å². The molecule has 6 nitrogen and oxygen atoms in total. The highest BCUT2D eigenvalue weighted by atomic mass is 35.5. The largest absolute Gasteiger partial charge is 0.331 e. The minimum atomic E-state index is -0.425. The number of carbonyl (C=O) groups excluding carboxylic acids is 2. The number of likely N-dealkylation sites (N-methyl/N-ethyl adjacent to an activating group) is 1. The summed E-state index contributed by atoms with van der Waals surface area (Å²) in [6.45, 7) is -0.155. The van der Waals surface area contributed by atoms with Crippen molar-refractivity contribution in [2.45, 2.75) is 0 Å². The van der Waals surface area contributed by atoms with Crippen molar-refractivity contribution in [3.63, 3.8) is 0 Å². The third-order valence-corrected chi connectivity index (χ3v) is 3.95. The Balaban J connectivity index is 1.64. The average Bonchev–Trinajstić information content (AvgIpc) is 3.11.